The van der Waals surface area contributed by atoms with Crippen molar-refractivity contribution in [3.8, 4) is 11.5 Å². The Balaban J connectivity index is 1.88. The van der Waals surface area contributed by atoms with E-state index in [1.807, 2.05) is 38.1 Å². The van der Waals surface area contributed by atoms with E-state index < -0.39 is 15.9 Å². The Morgan fingerprint density at radius 3 is 2.28 bits per heavy atom. The lowest BCUT2D eigenvalue weighted by Gasteiger charge is -2.29. The minimum atomic E-state index is -3.18. The number of benzene rings is 2. The van der Waals surface area contributed by atoms with Gasteiger partial charge in [-0.3, -0.25) is 4.79 Å². The van der Waals surface area contributed by atoms with Gasteiger partial charge in [-0.1, -0.05) is 42.3 Å². The summed E-state index contributed by atoms with van der Waals surface area (Å²) in [7, 11) is -3.18. The van der Waals surface area contributed by atoms with Gasteiger partial charge in [-0.15, -0.1) is 0 Å². The van der Waals surface area contributed by atoms with E-state index in [-0.39, 0.29) is 39.6 Å². The highest BCUT2D eigenvalue weighted by Crippen LogP contribution is 2.35. The Morgan fingerprint density at radius 2 is 1.75 bits per heavy atom. The van der Waals surface area contributed by atoms with Crippen molar-refractivity contribution in [3.05, 3.63) is 57.6 Å². The molecule has 3 rings (SSSR count). The second kappa shape index (κ2) is 10.8. The van der Waals surface area contributed by atoms with Gasteiger partial charge in [-0.05, 0) is 49.6 Å². The van der Waals surface area contributed by atoms with E-state index in [4.69, 9.17) is 32.7 Å². The quantitative estimate of drug-likeness (QED) is 0.484. The summed E-state index contributed by atoms with van der Waals surface area (Å²) >= 11 is 12.6. The third-order valence-electron chi connectivity index (χ3n) is 5.19. The maximum atomic E-state index is 13.5. The minimum Gasteiger partial charge on any atom is -0.494 e. The van der Waals surface area contributed by atoms with Crippen LogP contribution in [0.2, 0.25) is 10.0 Å². The minimum absolute atomic E-state index is 0.0606. The number of carbonyl (C=O) groups is 1. The number of halogens is 2. The number of amides is 1. The molecule has 1 fully saturated rings. The lowest BCUT2D eigenvalue weighted by molar-refractivity contribution is 0.0681. The molecule has 1 saturated heterocycles. The predicted octanol–water partition coefficient (Wildman–Crippen LogP) is 5.01. The molecule has 2 aromatic rings. The van der Waals surface area contributed by atoms with Crippen molar-refractivity contribution < 1.29 is 22.7 Å². The highest BCUT2D eigenvalue weighted by atomic mass is 35.5. The number of carbonyl (C=O) groups excluding carboxylic acids is 1. The molecule has 1 amide bonds. The highest BCUT2D eigenvalue weighted by Gasteiger charge is 2.35. The molecule has 1 atom stereocenters. The maximum absolute atomic E-state index is 13.5. The number of hydrogen-bond acceptors (Lipinski definition) is 5. The first-order valence-electron chi connectivity index (χ1n) is 10.6. The lowest BCUT2D eigenvalue weighted by Crippen LogP contribution is -2.40. The van der Waals surface area contributed by atoms with Crippen LogP contribution in [0.3, 0.4) is 0 Å². The first-order valence-corrected chi connectivity index (χ1v) is 13.2. The second-order valence-electron chi connectivity index (χ2n) is 7.68. The van der Waals surface area contributed by atoms with Gasteiger partial charge in [0, 0.05) is 18.2 Å². The highest BCUT2D eigenvalue weighted by molar-refractivity contribution is 7.91. The van der Waals surface area contributed by atoms with E-state index in [0.29, 0.717) is 25.4 Å². The van der Waals surface area contributed by atoms with Gasteiger partial charge in [-0.2, -0.15) is 0 Å². The SMILES string of the molecule is CCCOc1ccc(CN(C(=O)c2cc(Cl)c(OCC)c(Cl)c2)C2CCS(=O)(=O)C2)cc1. The second-order valence-corrected chi connectivity index (χ2v) is 10.7. The Hall–Kier alpha value is -1.96. The Bertz CT molecular complexity index is 1030. The molecule has 0 bridgehead atoms. The van der Waals surface area contributed by atoms with Crippen molar-refractivity contribution in [3.63, 3.8) is 0 Å². The monoisotopic (exact) mass is 499 g/mol. The zero-order valence-corrected chi connectivity index (χ0v) is 20.5. The number of rotatable bonds is 9. The van der Waals surface area contributed by atoms with Crippen molar-refractivity contribution in [2.75, 3.05) is 24.7 Å². The molecular weight excluding hydrogens is 473 g/mol. The topological polar surface area (TPSA) is 72.9 Å². The Kier molecular flexibility index (Phi) is 8.31. The molecule has 1 aliphatic heterocycles. The van der Waals surface area contributed by atoms with Crippen LogP contribution in [-0.2, 0) is 16.4 Å². The number of sulfone groups is 1. The first kappa shape index (κ1) is 24.7. The van der Waals surface area contributed by atoms with Gasteiger partial charge in [0.15, 0.2) is 15.6 Å². The van der Waals surface area contributed by atoms with Gasteiger partial charge >= 0.3 is 0 Å². The Labute approximate surface area is 199 Å². The zero-order valence-electron chi connectivity index (χ0n) is 18.1. The molecule has 1 aliphatic rings. The smallest absolute Gasteiger partial charge is 0.254 e. The maximum Gasteiger partial charge on any atom is 0.254 e. The summed E-state index contributed by atoms with van der Waals surface area (Å²) in [6.07, 6.45) is 1.30. The van der Waals surface area contributed by atoms with Gasteiger partial charge in [0.25, 0.3) is 5.91 Å². The number of ether oxygens (including phenoxy) is 2. The molecule has 0 saturated carbocycles. The molecule has 0 aromatic heterocycles. The van der Waals surface area contributed by atoms with Crippen molar-refractivity contribution in [2.45, 2.75) is 39.3 Å². The molecule has 0 radical (unpaired) electrons. The molecular formula is C23H27Cl2NO5S. The van der Waals surface area contributed by atoms with Gasteiger partial charge in [0.05, 0.1) is 34.8 Å². The summed E-state index contributed by atoms with van der Waals surface area (Å²) in [5, 5.41) is 0.471. The van der Waals surface area contributed by atoms with Crippen LogP contribution in [-0.4, -0.2) is 50.0 Å². The summed E-state index contributed by atoms with van der Waals surface area (Å²) in [5.74, 6) is 0.752. The fraction of sp³-hybridized carbons (Fsp3) is 0.435. The van der Waals surface area contributed by atoms with E-state index in [1.54, 1.807) is 4.90 Å². The van der Waals surface area contributed by atoms with E-state index in [2.05, 4.69) is 0 Å². The molecule has 0 aliphatic carbocycles. The average molecular weight is 500 g/mol. The number of nitrogens with zero attached hydrogens (tertiary/aromatic N) is 1. The zero-order chi connectivity index (χ0) is 23.3. The van der Waals surface area contributed by atoms with E-state index >= 15 is 0 Å². The van der Waals surface area contributed by atoms with Crippen LogP contribution >= 0.6 is 23.2 Å². The fourth-order valence-electron chi connectivity index (χ4n) is 3.63. The van der Waals surface area contributed by atoms with Gasteiger partial charge in [0.2, 0.25) is 0 Å². The normalized spacial score (nSPS) is 17.2. The molecule has 0 spiro atoms. The van der Waals surface area contributed by atoms with Gasteiger partial charge < -0.3 is 14.4 Å². The molecule has 1 heterocycles. The van der Waals surface area contributed by atoms with Crippen LogP contribution in [0.4, 0.5) is 0 Å². The van der Waals surface area contributed by atoms with E-state index in [0.717, 1.165) is 17.7 Å². The summed E-state index contributed by atoms with van der Waals surface area (Å²) < 4.78 is 35.3. The van der Waals surface area contributed by atoms with Crippen molar-refractivity contribution in [1.29, 1.82) is 0 Å². The molecule has 9 heteroatoms. The standard InChI is InChI=1S/C23H27Cl2NO5S/c1-3-10-31-19-7-5-16(6-8-19)14-26(18-9-11-32(28,29)15-18)23(27)17-12-20(24)22(30-4-2)21(25)13-17/h5-8,12-13,18H,3-4,9-11,14-15H2,1-2H3. The first-order chi connectivity index (χ1) is 15.2. The Morgan fingerprint density at radius 1 is 1.09 bits per heavy atom. The third-order valence-corrected chi connectivity index (χ3v) is 7.50. The fourth-order valence-corrected chi connectivity index (χ4v) is 5.95. The third kappa shape index (κ3) is 6.09. The molecule has 1 unspecified atom stereocenters. The summed E-state index contributed by atoms with van der Waals surface area (Å²) in [4.78, 5) is 15.1. The van der Waals surface area contributed by atoms with Crippen molar-refractivity contribution in [1.82, 2.24) is 4.90 Å². The molecule has 32 heavy (non-hydrogen) atoms. The average Bonchev–Trinajstić information content (AvgIpc) is 3.12. The van der Waals surface area contributed by atoms with Crippen molar-refractivity contribution in [2.24, 2.45) is 0 Å². The van der Waals surface area contributed by atoms with Crippen molar-refractivity contribution >= 4 is 38.9 Å². The largest absolute Gasteiger partial charge is 0.494 e. The van der Waals surface area contributed by atoms with Gasteiger partial charge in [-0.25, -0.2) is 8.42 Å². The van der Waals surface area contributed by atoms with Crippen LogP contribution < -0.4 is 9.47 Å². The molecule has 6 nitrogen and oxygen atoms in total. The van der Waals surface area contributed by atoms with Crippen LogP contribution in [0.25, 0.3) is 0 Å². The van der Waals surface area contributed by atoms with E-state index in [1.165, 1.54) is 12.1 Å². The lowest BCUT2D eigenvalue weighted by atomic mass is 10.1. The molecule has 2 aromatic carbocycles. The predicted molar refractivity (Wildman–Crippen MR) is 127 cm³/mol. The van der Waals surface area contributed by atoms with E-state index in [9.17, 15) is 13.2 Å². The molecule has 174 valence electrons. The number of hydrogen-bond donors (Lipinski definition) is 0. The van der Waals surface area contributed by atoms with Crippen LogP contribution in [0.1, 0.15) is 42.6 Å². The van der Waals surface area contributed by atoms with Crippen LogP contribution in [0.15, 0.2) is 36.4 Å². The van der Waals surface area contributed by atoms with Crippen LogP contribution in [0.5, 0.6) is 11.5 Å². The van der Waals surface area contributed by atoms with Crippen LogP contribution in [0, 0.1) is 0 Å². The molecule has 0 N–H and O–H groups in total. The summed E-state index contributed by atoms with van der Waals surface area (Å²) in [5.41, 5.74) is 1.16. The summed E-state index contributed by atoms with van der Waals surface area (Å²) in [6.45, 7) is 5.12. The van der Waals surface area contributed by atoms with Gasteiger partial charge in [0.1, 0.15) is 5.75 Å². The summed E-state index contributed by atoms with van der Waals surface area (Å²) in [6, 6.07) is 10.1.